The average molecular weight is 592 g/mol. The Bertz CT molecular complexity index is 1660. The van der Waals surface area contributed by atoms with Crippen molar-refractivity contribution in [1.82, 2.24) is 19.7 Å². The van der Waals surface area contributed by atoms with Crippen molar-refractivity contribution in [3.8, 4) is 17.2 Å². The number of esters is 2. The van der Waals surface area contributed by atoms with E-state index < -0.39 is 34.7 Å². The lowest BCUT2D eigenvalue weighted by Gasteiger charge is -2.19. The Balaban J connectivity index is 1.75. The van der Waals surface area contributed by atoms with E-state index in [-0.39, 0.29) is 17.3 Å². The van der Waals surface area contributed by atoms with Gasteiger partial charge >= 0.3 is 23.8 Å². The summed E-state index contributed by atoms with van der Waals surface area (Å²) in [5.74, 6) is -3.81. The first-order valence-electron chi connectivity index (χ1n) is 11.3. The van der Waals surface area contributed by atoms with Gasteiger partial charge in [-0.15, -0.1) is 16.4 Å². The summed E-state index contributed by atoms with van der Waals surface area (Å²) in [5.41, 5.74) is 5.74. The van der Waals surface area contributed by atoms with E-state index in [4.69, 9.17) is 20.6 Å². The highest BCUT2D eigenvalue weighted by Gasteiger charge is 2.43. The average Bonchev–Trinajstić information content (AvgIpc) is 3.57. The summed E-state index contributed by atoms with van der Waals surface area (Å²) in [6, 6.07) is 8.28. The molecule has 0 aliphatic carbocycles. The molecule has 0 fully saturated rings. The van der Waals surface area contributed by atoms with Gasteiger partial charge in [0.25, 0.3) is 0 Å². The van der Waals surface area contributed by atoms with E-state index in [1.807, 2.05) is 0 Å². The number of carbonyl (C=O) groups is 2. The molecule has 41 heavy (non-hydrogen) atoms. The van der Waals surface area contributed by atoms with Gasteiger partial charge in [-0.25, -0.2) is 14.4 Å². The fraction of sp³-hybridized carbons (Fsp3) is 0.167. The van der Waals surface area contributed by atoms with Crippen molar-refractivity contribution in [2.75, 3.05) is 19.5 Å². The van der Waals surface area contributed by atoms with Gasteiger partial charge in [-0.1, -0.05) is 0 Å². The number of nitrogens with two attached hydrogens (primary N) is 1. The first kappa shape index (κ1) is 28.8. The van der Waals surface area contributed by atoms with Crippen molar-refractivity contribution in [2.24, 2.45) is 5.73 Å². The fourth-order valence-electron chi connectivity index (χ4n) is 3.55. The maximum atomic E-state index is 12.9. The number of rotatable bonds is 9. The summed E-state index contributed by atoms with van der Waals surface area (Å²) in [4.78, 5) is 42.9. The molecule has 0 saturated carbocycles. The fourth-order valence-corrected chi connectivity index (χ4v) is 4.30. The van der Waals surface area contributed by atoms with Crippen LogP contribution in [-0.2, 0) is 9.53 Å². The molecule has 4 aromatic rings. The Labute approximate surface area is 232 Å². The quantitative estimate of drug-likeness (QED) is 0.0975. The number of benzene rings is 1. The highest BCUT2D eigenvalue weighted by atomic mass is 32.1. The molecule has 1 atom stereocenters. The van der Waals surface area contributed by atoms with Crippen molar-refractivity contribution in [3.05, 3.63) is 80.4 Å². The molecule has 0 aliphatic heterocycles. The molecule has 5 N–H and O–H groups in total. The number of pyridine rings is 1. The second-order valence-corrected chi connectivity index (χ2v) is 8.99. The Kier molecular flexibility index (Phi) is 8.08. The van der Waals surface area contributed by atoms with E-state index in [1.54, 1.807) is 24.3 Å². The molecular formula is C24H20F3N7O6S. The molecule has 3 heterocycles. The number of methoxy groups -OCH3 is 2. The highest BCUT2D eigenvalue weighted by Crippen LogP contribution is 2.32. The SMILES string of the molecule is COc1cnc(C(Nc2ccc(C(=N)N)cc2)c2nn(-c3ccsc3C(=O)OC(=O)C(F)(F)F)c(=O)[nH]2)cc1OC. The Morgan fingerprint density at radius 2 is 1.83 bits per heavy atom. The van der Waals surface area contributed by atoms with Crippen molar-refractivity contribution in [3.63, 3.8) is 0 Å². The van der Waals surface area contributed by atoms with E-state index >= 15 is 0 Å². The number of anilines is 1. The number of amidine groups is 1. The lowest BCUT2D eigenvalue weighted by atomic mass is 10.1. The number of hydrogen-bond donors (Lipinski definition) is 4. The monoisotopic (exact) mass is 591 g/mol. The summed E-state index contributed by atoms with van der Waals surface area (Å²) < 4.78 is 53.0. The van der Waals surface area contributed by atoms with Crippen LogP contribution in [0.15, 0.2) is 52.8 Å². The number of hydrogen-bond acceptors (Lipinski definition) is 11. The highest BCUT2D eigenvalue weighted by molar-refractivity contribution is 7.12. The van der Waals surface area contributed by atoms with Gasteiger partial charge in [0.15, 0.2) is 17.3 Å². The largest absolute Gasteiger partial charge is 0.493 e. The summed E-state index contributed by atoms with van der Waals surface area (Å²) in [7, 11) is 2.85. The minimum atomic E-state index is -5.39. The van der Waals surface area contributed by atoms with E-state index in [0.29, 0.717) is 39.8 Å². The molecule has 0 spiro atoms. The maximum absolute atomic E-state index is 12.9. The molecule has 0 amide bonds. The molecule has 214 valence electrons. The van der Waals surface area contributed by atoms with E-state index in [1.165, 1.54) is 37.9 Å². The zero-order valence-corrected chi connectivity index (χ0v) is 21.9. The van der Waals surface area contributed by atoms with Gasteiger partial charge in [0.2, 0.25) is 0 Å². The molecule has 4 rings (SSSR count). The van der Waals surface area contributed by atoms with Crippen LogP contribution in [0.1, 0.15) is 32.8 Å². The number of nitrogen functional groups attached to an aromatic ring is 1. The van der Waals surface area contributed by atoms with E-state index in [2.05, 4.69) is 25.1 Å². The number of nitrogens with one attached hydrogen (secondary N) is 3. The third-order valence-electron chi connectivity index (χ3n) is 5.48. The lowest BCUT2D eigenvalue weighted by Crippen LogP contribution is -2.28. The number of thiophene rings is 1. The number of carbonyl (C=O) groups excluding carboxylic acids is 2. The molecule has 17 heteroatoms. The lowest BCUT2D eigenvalue weighted by molar-refractivity contribution is -0.193. The number of alkyl halides is 3. The predicted molar refractivity (Wildman–Crippen MR) is 139 cm³/mol. The molecule has 13 nitrogen and oxygen atoms in total. The zero-order valence-electron chi connectivity index (χ0n) is 21.1. The smallest absolute Gasteiger partial charge is 0.491 e. The molecule has 0 radical (unpaired) electrons. The number of aromatic nitrogens is 4. The predicted octanol–water partition coefficient (Wildman–Crippen LogP) is 2.77. The third kappa shape index (κ3) is 6.19. The zero-order chi connectivity index (χ0) is 29.9. The van der Waals surface area contributed by atoms with Gasteiger partial charge in [-0.2, -0.15) is 17.9 Å². The minimum Gasteiger partial charge on any atom is -0.493 e. The third-order valence-corrected chi connectivity index (χ3v) is 6.36. The van der Waals surface area contributed by atoms with E-state index in [0.717, 1.165) is 4.68 Å². The number of halogens is 3. The molecule has 3 aromatic heterocycles. The normalized spacial score (nSPS) is 11.9. The van der Waals surface area contributed by atoms with Gasteiger partial charge in [-0.05, 0) is 35.7 Å². The van der Waals surface area contributed by atoms with Crippen LogP contribution in [0, 0.1) is 5.41 Å². The summed E-state index contributed by atoms with van der Waals surface area (Å²) >= 11 is 0.649. The Hall–Kier alpha value is -5.19. The Morgan fingerprint density at radius 3 is 2.44 bits per heavy atom. The number of nitrogens with zero attached hydrogens (tertiary/aromatic N) is 3. The number of aromatic amines is 1. The van der Waals surface area contributed by atoms with Crippen LogP contribution in [0.4, 0.5) is 18.9 Å². The van der Waals surface area contributed by atoms with Crippen molar-refractivity contribution >= 4 is 34.8 Å². The van der Waals surface area contributed by atoms with Crippen molar-refractivity contribution in [2.45, 2.75) is 12.2 Å². The molecule has 0 bridgehead atoms. The minimum absolute atomic E-state index is 0.0118. The topological polar surface area (TPSA) is 187 Å². The van der Waals surface area contributed by atoms with Crippen LogP contribution in [0.5, 0.6) is 11.5 Å². The van der Waals surface area contributed by atoms with Crippen LogP contribution in [0.3, 0.4) is 0 Å². The van der Waals surface area contributed by atoms with Crippen LogP contribution in [0.25, 0.3) is 5.69 Å². The van der Waals surface area contributed by atoms with Crippen molar-refractivity contribution in [1.29, 1.82) is 5.41 Å². The second-order valence-electron chi connectivity index (χ2n) is 8.07. The molecule has 0 aliphatic rings. The van der Waals surface area contributed by atoms with Crippen molar-refractivity contribution < 1.29 is 37.0 Å². The Morgan fingerprint density at radius 1 is 1.15 bits per heavy atom. The number of ether oxygens (including phenoxy) is 3. The summed E-state index contributed by atoms with van der Waals surface area (Å²) in [5, 5.41) is 16.3. The number of H-pyrrole nitrogens is 1. The first-order valence-corrected chi connectivity index (χ1v) is 12.2. The van der Waals surface area contributed by atoms with Crippen LogP contribution >= 0.6 is 11.3 Å². The van der Waals surface area contributed by atoms with Gasteiger partial charge in [0.05, 0.1) is 31.8 Å². The molecule has 1 aromatic carbocycles. The molecule has 1 unspecified atom stereocenters. The first-order chi connectivity index (χ1) is 19.4. The molecule has 0 saturated heterocycles. The van der Waals surface area contributed by atoms with Gasteiger partial charge in [0.1, 0.15) is 16.8 Å². The van der Waals surface area contributed by atoms with E-state index in [9.17, 15) is 27.6 Å². The van der Waals surface area contributed by atoms with Gasteiger partial charge < -0.3 is 25.3 Å². The second kappa shape index (κ2) is 11.5. The summed E-state index contributed by atoms with van der Waals surface area (Å²) in [6.07, 6.45) is -4.00. The molecular weight excluding hydrogens is 571 g/mol. The summed E-state index contributed by atoms with van der Waals surface area (Å²) in [6.45, 7) is 0. The van der Waals surface area contributed by atoms with Gasteiger partial charge in [0, 0.05) is 17.3 Å². The van der Waals surface area contributed by atoms with Crippen LogP contribution in [0.2, 0.25) is 0 Å². The maximum Gasteiger partial charge on any atom is 0.491 e. The van der Waals surface area contributed by atoms with Crippen LogP contribution in [-0.4, -0.2) is 57.9 Å². The van der Waals surface area contributed by atoms with Gasteiger partial charge in [-0.3, -0.25) is 15.4 Å². The standard InChI is InChI=1S/C24H20F3N7O6S/c1-38-15-9-13(30-10-16(15)39-2)17(31-12-5-3-11(4-6-12)19(28)29)20-32-23(37)34(33-20)14-7-8-41-18(14)21(35)40-22(36)24(25,26)27/h3-10,17,31H,1-2H3,(H3,28,29)(H,32,33,37). The van der Waals surface area contributed by atoms with Crippen LogP contribution < -0.4 is 26.2 Å².